The van der Waals surface area contributed by atoms with Gasteiger partial charge in [0.05, 0.1) is 23.8 Å². The smallest absolute Gasteiger partial charge is 0.267 e. The molecule has 0 saturated heterocycles. The molecule has 0 fully saturated rings. The summed E-state index contributed by atoms with van der Waals surface area (Å²) in [6.45, 7) is 0. The van der Waals surface area contributed by atoms with Gasteiger partial charge in [-0.25, -0.2) is 9.37 Å². The number of hydrogen-bond donors (Lipinski definition) is 3. The van der Waals surface area contributed by atoms with Crippen molar-refractivity contribution in [2.75, 3.05) is 5.32 Å². The number of halogens is 1. The Balaban J connectivity index is 1.32. The molecule has 11 heteroatoms. The molecule has 194 valence electrons. The summed E-state index contributed by atoms with van der Waals surface area (Å²) in [6.07, 6.45) is 12.8. The number of pyridine rings is 2. The van der Waals surface area contributed by atoms with E-state index in [1.807, 2.05) is 19.3 Å². The Bertz CT molecular complexity index is 1700. The number of anilines is 1. The van der Waals surface area contributed by atoms with Gasteiger partial charge in [-0.05, 0) is 54.6 Å². The van der Waals surface area contributed by atoms with Gasteiger partial charge in [0.15, 0.2) is 5.76 Å². The number of allylic oxidation sites excluding steroid dienone is 3. The molecule has 10 nitrogen and oxygen atoms in total. The number of dihydropyridines is 1. The molecule has 0 unspecified atom stereocenters. The number of aromatic nitrogens is 4. The fourth-order valence-corrected chi connectivity index (χ4v) is 3.82. The zero-order valence-corrected chi connectivity index (χ0v) is 20.6. The molecule has 39 heavy (non-hydrogen) atoms. The Hall–Kier alpha value is -5.58. The number of nitrogens with one attached hydrogen (secondary N) is 3. The third-order valence-electron chi connectivity index (χ3n) is 5.73. The molecule has 1 amide bonds. The molecule has 0 saturated carbocycles. The van der Waals surface area contributed by atoms with Gasteiger partial charge >= 0.3 is 0 Å². The molecule has 5 rings (SSSR count). The number of ether oxygens (including phenoxy) is 1. The lowest BCUT2D eigenvalue weighted by molar-refractivity contribution is 0.102. The van der Waals surface area contributed by atoms with Crippen LogP contribution in [0.5, 0.6) is 5.88 Å². The second-order valence-corrected chi connectivity index (χ2v) is 8.42. The first kappa shape index (κ1) is 25.1. The molecule has 0 bridgehead atoms. The van der Waals surface area contributed by atoms with E-state index < -0.39 is 17.3 Å². The highest BCUT2D eigenvalue weighted by atomic mass is 19.1. The maximum atomic E-state index is 13.3. The monoisotopic (exact) mass is 523 g/mol. The van der Waals surface area contributed by atoms with Crippen LogP contribution in [0.15, 0.2) is 108 Å². The fourth-order valence-electron chi connectivity index (χ4n) is 3.82. The van der Waals surface area contributed by atoms with Gasteiger partial charge in [0, 0.05) is 54.7 Å². The lowest BCUT2D eigenvalue weighted by atomic mass is 10.1. The predicted octanol–water partition coefficient (Wildman–Crippen LogP) is 3.80. The normalized spacial score (nSPS) is 13.7. The van der Waals surface area contributed by atoms with Gasteiger partial charge in [0.25, 0.3) is 11.5 Å². The fraction of sp³-hybridized carbons (Fsp3) is 0.0357. The largest absolute Gasteiger partial charge is 0.437 e. The molecule has 4 aromatic rings. The number of rotatable bonds is 7. The molecule has 0 radical (unpaired) electrons. The third kappa shape index (κ3) is 5.57. The molecule has 3 aromatic heterocycles. The van der Waals surface area contributed by atoms with Gasteiger partial charge in [-0.2, -0.15) is 5.10 Å². The van der Waals surface area contributed by atoms with Crippen LogP contribution in [-0.2, 0) is 7.05 Å². The SMILES string of the molecule is Cn1cc(C2=CN/C(=C\C=N)C(Oc3ccc(NC(=O)c4cccn(-c5ccc(F)cc5)c4=O)cn3)=C2)cn1. The van der Waals surface area contributed by atoms with E-state index in [0.29, 0.717) is 22.8 Å². The van der Waals surface area contributed by atoms with E-state index in [1.165, 1.54) is 47.3 Å². The summed E-state index contributed by atoms with van der Waals surface area (Å²) in [7, 11) is 1.82. The zero-order chi connectivity index (χ0) is 27.4. The molecule has 1 aliphatic heterocycles. The lowest BCUT2D eigenvalue weighted by Crippen LogP contribution is -2.27. The van der Waals surface area contributed by atoms with Gasteiger partial charge in [0.2, 0.25) is 5.88 Å². The van der Waals surface area contributed by atoms with E-state index in [0.717, 1.165) is 17.4 Å². The van der Waals surface area contributed by atoms with Gasteiger partial charge < -0.3 is 20.8 Å². The van der Waals surface area contributed by atoms with E-state index in [-0.39, 0.29) is 11.4 Å². The first-order chi connectivity index (χ1) is 18.9. The van der Waals surface area contributed by atoms with Crippen molar-refractivity contribution in [2.24, 2.45) is 7.05 Å². The predicted molar refractivity (Wildman–Crippen MR) is 144 cm³/mol. The average molecular weight is 524 g/mol. The first-order valence-corrected chi connectivity index (χ1v) is 11.7. The summed E-state index contributed by atoms with van der Waals surface area (Å²) in [6, 6.07) is 11.5. The summed E-state index contributed by atoms with van der Waals surface area (Å²) >= 11 is 0. The van der Waals surface area contributed by atoms with Crippen LogP contribution < -0.4 is 20.9 Å². The minimum absolute atomic E-state index is 0.0864. The standard InChI is InChI=1S/C28H22FN7O3/c1-35-17-19(15-33-35)18-13-25(24(10-11-30)31-14-18)39-26-9-6-21(16-32-26)34-27(37)23-3-2-12-36(28(23)38)22-7-4-20(29)5-8-22/h2-17,30-31H,1H3,(H,34,37)/b24-10-,30-11?. The van der Waals surface area contributed by atoms with Crippen LogP contribution in [0, 0.1) is 11.2 Å². The third-order valence-corrected chi connectivity index (χ3v) is 5.73. The minimum atomic E-state index is -0.617. The molecule has 4 heterocycles. The molecule has 3 N–H and O–H groups in total. The van der Waals surface area contributed by atoms with Crippen LogP contribution in [0.25, 0.3) is 11.3 Å². The van der Waals surface area contributed by atoms with Crippen LogP contribution >= 0.6 is 0 Å². The van der Waals surface area contributed by atoms with Gasteiger partial charge in [-0.1, -0.05) is 0 Å². The number of amides is 1. The van der Waals surface area contributed by atoms with Crippen molar-refractivity contribution in [3.05, 3.63) is 130 Å². The number of carbonyl (C=O) groups excluding carboxylic acids is 1. The second kappa shape index (κ2) is 10.8. The van der Waals surface area contributed by atoms with Crippen LogP contribution in [0.4, 0.5) is 10.1 Å². The van der Waals surface area contributed by atoms with E-state index in [1.54, 1.807) is 41.4 Å². The quantitative estimate of drug-likeness (QED) is 0.316. The van der Waals surface area contributed by atoms with Gasteiger partial charge in [0.1, 0.15) is 11.4 Å². The van der Waals surface area contributed by atoms with E-state index >= 15 is 0 Å². The molecule has 0 atom stereocenters. The van der Waals surface area contributed by atoms with Crippen LogP contribution in [-0.4, -0.2) is 31.5 Å². The van der Waals surface area contributed by atoms with E-state index in [9.17, 15) is 14.0 Å². The molecule has 1 aromatic carbocycles. The Morgan fingerprint density at radius 2 is 1.97 bits per heavy atom. The van der Waals surface area contributed by atoms with Crippen molar-refractivity contribution >= 4 is 23.4 Å². The number of nitrogens with zero attached hydrogens (tertiary/aromatic N) is 4. The van der Waals surface area contributed by atoms with Crippen molar-refractivity contribution < 1.29 is 13.9 Å². The Morgan fingerprint density at radius 3 is 2.67 bits per heavy atom. The van der Waals surface area contributed by atoms with Gasteiger partial charge in [-0.3, -0.25) is 18.8 Å². The minimum Gasteiger partial charge on any atom is -0.437 e. The average Bonchev–Trinajstić information content (AvgIpc) is 3.38. The highest BCUT2D eigenvalue weighted by Crippen LogP contribution is 2.25. The lowest BCUT2D eigenvalue weighted by Gasteiger charge is -2.18. The Kier molecular flexibility index (Phi) is 6.95. The highest BCUT2D eigenvalue weighted by molar-refractivity contribution is 6.04. The van der Waals surface area contributed by atoms with Gasteiger partial charge in [-0.15, -0.1) is 0 Å². The van der Waals surface area contributed by atoms with Crippen molar-refractivity contribution in [3.63, 3.8) is 0 Å². The van der Waals surface area contributed by atoms with Crippen molar-refractivity contribution in [3.8, 4) is 11.6 Å². The van der Waals surface area contributed by atoms with Crippen LogP contribution in [0.2, 0.25) is 0 Å². The van der Waals surface area contributed by atoms with Crippen LogP contribution in [0.3, 0.4) is 0 Å². The zero-order valence-electron chi connectivity index (χ0n) is 20.6. The Morgan fingerprint density at radius 1 is 1.15 bits per heavy atom. The first-order valence-electron chi connectivity index (χ1n) is 11.7. The molecular weight excluding hydrogens is 501 g/mol. The van der Waals surface area contributed by atoms with E-state index in [4.69, 9.17) is 10.1 Å². The number of aryl methyl sites for hydroxylation is 1. The van der Waals surface area contributed by atoms with E-state index in [2.05, 4.69) is 20.7 Å². The van der Waals surface area contributed by atoms with Crippen molar-refractivity contribution in [1.82, 2.24) is 24.6 Å². The molecule has 0 aliphatic carbocycles. The summed E-state index contributed by atoms with van der Waals surface area (Å²) < 4.78 is 22.2. The number of benzene rings is 1. The molecular formula is C28H22FN7O3. The maximum absolute atomic E-state index is 13.3. The summed E-state index contributed by atoms with van der Waals surface area (Å²) in [5.74, 6) is -0.352. The van der Waals surface area contributed by atoms with Crippen molar-refractivity contribution in [1.29, 1.82) is 5.41 Å². The molecule has 0 spiro atoms. The van der Waals surface area contributed by atoms with Crippen LogP contribution in [0.1, 0.15) is 15.9 Å². The summed E-state index contributed by atoms with van der Waals surface area (Å²) in [5.41, 5.74) is 2.43. The summed E-state index contributed by atoms with van der Waals surface area (Å²) in [4.78, 5) is 30.0. The maximum Gasteiger partial charge on any atom is 0.267 e. The second-order valence-electron chi connectivity index (χ2n) is 8.42. The molecule has 1 aliphatic rings. The summed E-state index contributed by atoms with van der Waals surface area (Å²) in [5, 5.41) is 17.4. The number of hydrogen-bond acceptors (Lipinski definition) is 7. The topological polar surface area (TPSA) is 127 Å². The number of carbonyl (C=O) groups is 1. The Labute approximate surface area is 221 Å². The van der Waals surface area contributed by atoms with Crippen molar-refractivity contribution in [2.45, 2.75) is 0 Å². The highest BCUT2D eigenvalue weighted by Gasteiger charge is 2.17.